The molecule has 1 aromatic heterocycles. The number of aromatic nitrogens is 2. The van der Waals surface area contributed by atoms with E-state index in [1.807, 2.05) is 24.3 Å². The number of ether oxygens (including phenoxy) is 2. The Morgan fingerprint density at radius 2 is 1.52 bits per heavy atom. The van der Waals surface area contributed by atoms with E-state index in [1.165, 1.54) is 5.56 Å². The second-order valence-electron chi connectivity index (χ2n) is 5.88. The van der Waals surface area contributed by atoms with Crippen molar-refractivity contribution in [1.82, 2.24) is 9.97 Å². The van der Waals surface area contributed by atoms with E-state index in [1.54, 1.807) is 14.2 Å². The standard InChI is InChI=1S/C20H21N3O2/c1-12-5-7-15(13(2)9-12)17-11-18(23-20(21)22-17)16-10-14(24-3)6-8-19(16)25-4/h5-11H,1-4H3,(H2,21,22,23). The maximum atomic E-state index is 5.98. The Kier molecular flexibility index (Phi) is 4.57. The fourth-order valence-corrected chi connectivity index (χ4v) is 2.86. The molecule has 0 aliphatic rings. The van der Waals surface area contributed by atoms with Gasteiger partial charge in [0.1, 0.15) is 11.5 Å². The van der Waals surface area contributed by atoms with Gasteiger partial charge in [-0.2, -0.15) is 0 Å². The van der Waals surface area contributed by atoms with Crippen molar-refractivity contribution in [1.29, 1.82) is 0 Å². The number of benzene rings is 2. The molecule has 3 rings (SSSR count). The maximum Gasteiger partial charge on any atom is 0.221 e. The topological polar surface area (TPSA) is 70.3 Å². The molecule has 1 heterocycles. The molecular formula is C20H21N3O2. The van der Waals surface area contributed by atoms with E-state index in [9.17, 15) is 0 Å². The quantitative estimate of drug-likeness (QED) is 0.779. The van der Waals surface area contributed by atoms with Gasteiger partial charge in [-0.1, -0.05) is 23.8 Å². The maximum absolute atomic E-state index is 5.98. The van der Waals surface area contributed by atoms with E-state index in [-0.39, 0.29) is 5.95 Å². The van der Waals surface area contributed by atoms with Crippen LogP contribution in [0, 0.1) is 13.8 Å². The zero-order chi connectivity index (χ0) is 18.0. The van der Waals surface area contributed by atoms with E-state index < -0.39 is 0 Å². The first kappa shape index (κ1) is 16.8. The monoisotopic (exact) mass is 335 g/mol. The molecule has 25 heavy (non-hydrogen) atoms. The number of nitrogens with two attached hydrogens (primary N) is 1. The van der Waals surface area contributed by atoms with Crippen molar-refractivity contribution in [3.8, 4) is 34.0 Å². The minimum absolute atomic E-state index is 0.220. The van der Waals surface area contributed by atoms with Crippen LogP contribution >= 0.6 is 0 Å². The Labute approximate surface area is 147 Å². The highest BCUT2D eigenvalue weighted by molar-refractivity contribution is 5.75. The van der Waals surface area contributed by atoms with E-state index in [0.717, 1.165) is 28.1 Å². The molecule has 0 aliphatic heterocycles. The highest BCUT2D eigenvalue weighted by Crippen LogP contribution is 2.34. The highest BCUT2D eigenvalue weighted by atomic mass is 16.5. The van der Waals surface area contributed by atoms with Gasteiger partial charge in [0.2, 0.25) is 5.95 Å². The summed E-state index contributed by atoms with van der Waals surface area (Å²) in [5.41, 5.74) is 11.6. The SMILES string of the molecule is COc1ccc(OC)c(-c2cc(-c3ccc(C)cc3C)nc(N)n2)c1. The largest absolute Gasteiger partial charge is 0.497 e. The molecule has 0 radical (unpaired) electrons. The first-order chi connectivity index (χ1) is 12.0. The number of aryl methyl sites for hydroxylation is 2. The summed E-state index contributed by atoms with van der Waals surface area (Å²) >= 11 is 0. The van der Waals surface area contributed by atoms with E-state index in [2.05, 4.69) is 42.0 Å². The van der Waals surface area contributed by atoms with Gasteiger partial charge in [0.25, 0.3) is 0 Å². The summed E-state index contributed by atoms with van der Waals surface area (Å²) < 4.78 is 10.8. The van der Waals surface area contributed by atoms with Crippen molar-refractivity contribution in [3.05, 3.63) is 53.6 Å². The fourth-order valence-electron chi connectivity index (χ4n) is 2.86. The summed E-state index contributed by atoms with van der Waals surface area (Å²) in [5.74, 6) is 1.64. The van der Waals surface area contributed by atoms with Crippen molar-refractivity contribution in [3.63, 3.8) is 0 Å². The highest BCUT2D eigenvalue weighted by Gasteiger charge is 2.13. The zero-order valence-electron chi connectivity index (χ0n) is 14.8. The molecule has 2 N–H and O–H groups in total. The van der Waals surface area contributed by atoms with E-state index in [4.69, 9.17) is 15.2 Å². The number of nitrogen functional groups attached to an aromatic ring is 1. The van der Waals surface area contributed by atoms with Crippen LogP contribution in [0.4, 0.5) is 5.95 Å². The van der Waals surface area contributed by atoms with Gasteiger partial charge in [-0.25, -0.2) is 9.97 Å². The van der Waals surface area contributed by atoms with Crippen LogP contribution in [0.3, 0.4) is 0 Å². The molecule has 0 saturated heterocycles. The fraction of sp³-hybridized carbons (Fsp3) is 0.200. The van der Waals surface area contributed by atoms with Crippen LogP contribution in [0.2, 0.25) is 0 Å². The molecule has 0 aliphatic carbocycles. The molecule has 5 nitrogen and oxygen atoms in total. The Balaban J connectivity index is 2.18. The van der Waals surface area contributed by atoms with Crippen molar-refractivity contribution in [2.45, 2.75) is 13.8 Å². The normalized spacial score (nSPS) is 10.6. The average molecular weight is 335 g/mol. The molecule has 0 atom stereocenters. The molecule has 2 aromatic carbocycles. The third-order valence-electron chi connectivity index (χ3n) is 4.08. The summed E-state index contributed by atoms with van der Waals surface area (Å²) in [4.78, 5) is 8.80. The lowest BCUT2D eigenvalue weighted by Crippen LogP contribution is -2.00. The second-order valence-corrected chi connectivity index (χ2v) is 5.88. The zero-order valence-corrected chi connectivity index (χ0v) is 14.8. The van der Waals surface area contributed by atoms with Gasteiger partial charge in [-0.15, -0.1) is 0 Å². The first-order valence-corrected chi connectivity index (χ1v) is 7.96. The first-order valence-electron chi connectivity index (χ1n) is 7.96. The van der Waals surface area contributed by atoms with Gasteiger partial charge in [0, 0.05) is 11.1 Å². The summed E-state index contributed by atoms with van der Waals surface area (Å²) in [7, 11) is 3.25. The minimum atomic E-state index is 0.220. The molecule has 0 bridgehead atoms. The van der Waals surface area contributed by atoms with E-state index >= 15 is 0 Å². The summed E-state index contributed by atoms with van der Waals surface area (Å²) in [6.45, 7) is 4.13. The number of anilines is 1. The van der Waals surface area contributed by atoms with Crippen LogP contribution in [0.5, 0.6) is 11.5 Å². The number of hydrogen-bond acceptors (Lipinski definition) is 5. The Morgan fingerprint density at radius 3 is 2.16 bits per heavy atom. The third-order valence-corrected chi connectivity index (χ3v) is 4.08. The van der Waals surface area contributed by atoms with Gasteiger partial charge in [-0.3, -0.25) is 0 Å². The van der Waals surface area contributed by atoms with Gasteiger partial charge in [0.15, 0.2) is 0 Å². The van der Waals surface area contributed by atoms with Crippen LogP contribution in [0.1, 0.15) is 11.1 Å². The molecule has 0 unspecified atom stereocenters. The van der Waals surface area contributed by atoms with Crippen LogP contribution in [0.15, 0.2) is 42.5 Å². The number of nitrogens with zero attached hydrogens (tertiary/aromatic N) is 2. The molecule has 128 valence electrons. The minimum Gasteiger partial charge on any atom is -0.497 e. The van der Waals surface area contributed by atoms with Gasteiger partial charge >= 0.3 is 0 Å². The summed E-state index contributed by atoms with van der Waals surface area (Å²) in [6, 6.07) is 13.7. The van der Waals surface area contributed by atoms with Crippen molar-refractivity contribution < 1.29 is 9.47 Å². The van der Waals surface area contributed by atoms with Crippen LogP contribution < -0.4 is 15.2 Å². The predicted octanol–water partition coefficient (Wildman–Crippen LogP) is 4.03. The number of hydrogen-bond donors (Lipinski definition) is 1. The van der Waals surface area contributed by atoms with Crippen molar-refractivity contribution >= 4 is 5.95 Å². The number of methoxy groups -OCH3 is 2. The summed E-state index contributed by atoms with van der Waals surface area (Å²) in [5, 5.41) is 0. The number of rotatable bonds is 4. The predicted molar refractivity (Wildman–Crippen MR) is 99.9 cm³/mol. The molecule has 5 heteroatoms. The Morgan fingerprint density at radius 1 is 0.800 bits per heavy atom. The van der Waals surface area contributed by atoms with Crippen LogP contribution in [-0.4, -0.2) is 24.2 Å². The Hall–Kier alpha value is -3.08. The lowest BCUT2D eigenvalue weighted by Gasteiger charge is -2.12. The molecule has 0 fully saturated rings. The van der Waals surface area contributed by atoms with Crippen molar-refractivity contribution in [2.75, 3.05) is 20.0 Å². The van der Waals surface area contributed by atoms with Gasteiger partial charge in [0.05, 0.1) is 25.6 Å². The molecular weight excluding hydrogens is 314 g/mol. The van der Waals surface area contributed by atoms with Crippen molar-refractivity contribution in [2.24, 2.45) is 0 Å². The second kappa shape index (κ2) is 6.81. The smallest absolute Gasteiger partial charge is 0.221 e. The van der Waals surface area contributed by atoms with Gasteiger partial charge < -0.3 is 15.2 Å². The van der Waals surface area contributed by atoms with Crippen LogP contribution in [0.25, 0.3) is 22.5 Å². The molecule has 0 saturated carbocycles. The average Bonchev–Trinajstić information content (AvgIpc) is 2.60. The van der Waals surface area contributed by atoms with E-state index in [0.29, 0.717) is 11.4 Å². The van der Waals surface area contributed by atoms with Crippen LogP contribution in [-0.2, 0) is 0 Å². The van der Waals surface area contributed by atoms with Gasteiger partial charge in [-0.05, 0) is 43.7 Å². The molecule has 0 spiro atoms. The lowest BCUT2D eigenvalue weighted by molar-refractivity contribution is 0.404. The lowest BCUT2D eigenvalue weighted by atomic mass is 10.0. The molecule has 0 amide bonds. The molecule has 3 aromatic rings. The third kappa shape index (κ3) is 3.40. The summed E-state index contributed by atoms with van der Waals surface area (Å²) in [6.07, 6.45) is 0. The Bertz CT molecular complexity index is 923.